The van der Waals surface area contributed by atoms with Gasteiger partial charge in [0.05, 0.1) is 0 Å². The largest absolute Gasteiger partial charge is 0.361 e. The molecule has 5 rings (SSSR count). The Balaban J connectivity index is 1.69. The number of rotatable bonds is 2. The number of hydrogen-bond acceptors (Lipinski definition) is 4. The average Bonchev–Trinajstić information content (AvgIpc) is 3.16. The Morgan fingerprint density at radius 3 is 1.97 bits per heavy atom. The van der Waals surface area contributed by atoms with Gasteiger partial charge < -0.3 is 4.85 Å². The van der Waals surface area contributed by atoms with Gasteiger partial charge in [0.15, 0.2) is 0 Å². The molecule has 0 bridgehead atoms. The molecule has 0 saturated heterocycles. The monoisotopic (exact) mass is 388 g/mol. The molecule has 0 amide bonds. The van der Waals surface area contributed by atoms with Crippen molar-refractivity contribution in [2.45, 2.75) is 0 Å². The fourth-order valence-electron chi connectivity index (χ4n) is 3.47. The molecule has 3 heterocycles. The molecule has 2 aromatic carbocycles. The summed E-state index contributed by atoms with van der Waals surface area (Å²) in [5, 5.41) is 11.5. The minimum Gasteiger partial charge on any atom is -0.361 e. The second-order valence-corrected chi connectivity index (χ2v) is 7.66. The van der Waals surface area contributed by atoms with Crippen LogP contribution in [0.3, 0.4) is 0 Å². The Morgan fingerprint density at radius 1 is 0.759 bits per heavy atom. The molecular formula is C24H12N4S. The first-order chi connectivity index (χ1) is 14.2. The van der Waals surface area contributed by atoms with Gasteiger partial charge in [0, 0.05) is 26.4 Å². The van der Waals surface area contributed by atoms with Gasteiger partial charge in [0.1, 0.15) is 18.0 Å². The Bertz CT molecular complexity index is 1370. The number of hydrogen-bond donors (Lipinski definition) is 0. The number of nitriles is 1. The molecule has 3 aromatic heterocycles. The van der Waals surface area contributed by atoms with Crippen LogP contribution >= 0.6 is 11.3 Å². The maximum atomic E-state index is 9.13. The highest BCUT2D eigenvalue weighted by Gasteiger charge is 2.10. The van der Waals surface area contributed by atoms with Gasteiger partial charge in [0.2, 0.25) is 0 Å². The first kappa shape index (κ1) is 17.1. The maximum Gasteiger partial charge on any atom is 0.270 e. The number of pyridine rings is 2. The molecule has 134 valence electrons. The van der Waals surface area contributed by atoms with Gasteiger partial charge in [-0.2, -0.15) is 5.26 Å². The molecule has 0 radical (unpaired) electrons. The van der Waals surface area contributed by atoms with E-state index >= 15 is 0 Å². The van der Waals surface area contributed by atoms with E-state index in [1.165, 1.54) is 20.2 Å². The van der Waals surface area contributed by atoms with Gasteiger partial charge in [-0.3, -0.25) is 0 Å². The minimum atomic E-state index is 0.394. The zero-order chi connectivity index (χ0) is 19.8. The third-order valence-corrected chi connectivity index (χ3v) is 6.02. The van der Waals surface area contributed by atoms with Crippen LogP contribution in [0.25, 0.3) is 47.3 Å². The third-order valence-electron chi connectivity index (χ3n) is 4.87. The van der Waals surface area contributed by atoms with Crippen LogP contribution in [0.4, 0.5) is 5.82 Å². The first-order valence-corrected chi connectivity index (χ1v) is 9.73. The van der Waals surface area contributed by atoms with E-state index in [4.69, 9.17) is 11.8 Å². The summed E-state index contributed by atoms with van der Waals surface area (Å²) >= 11 is 1.76. The molecular weight excluding hydrogens is 376 g/mol. The molecule has 5 heteroatoms. The van der Waals surface area contributed by atoms with Crippen molar-refractivity contribution in [3.63, 3.8) is 0 Å². The summed E-state index contributed by atoms with van der Waals surface area (Å²) in [6.45, 7) is 7.19. The van der Waals surface area contributed by atoms with Crippen LogP contribution < -0.4 is 0 Å². The van der Waals surface area contributed by atoms with Crippen LogP contribution in [-0.2, 0) is 0 Å². The van der Waals surface area contributed by atoms with E-state index < -0.39 is 0 Å². The Kier molecular flexibility index (Phi) is 4.02. The number of fused-ring (bicyclic) bond motifs is 3. The van der Waals surface area contributed by atoms with Crippen molar-refractivity contribution in [2.75, 3.05) is 0 Å². The standard InChI is InChI=1S/C24H12N4S/c1-26-24-13-18(7-9-28-24)16-3-5-23-21(12-16)20-11-15(2-4-22(20)29-23)17-6-8-27-19(10-17)14-25/h2-13H. The second kappa shape index (κ2) is 6.83. The predicted molar refractivity (Wildman–Crippen MR) is 117 cm³/mol. The highest BCUT2D eigenvalue weighted by Crippen LogP contribution is 2.38. The lowest BCUT2D eigenvalue weighted by atomic mass is 10.0. The smallest absolute Gasteiger partial charge is 0.270 e. The van der Waals surface area contributed by atoms with Crippen LogP contribution in [0.5, 0.6) is 0 Å². The third kappa shape index (κ3) is 3.00. The van der Waals surface area contributed by atoms with E-state index in [1.807, 2.05) is 24.3 Å². The van der Waals surface area contributed by atoms with E-state index in [-0.39, 0.29) is 0 Å². The Labute approximate surface area is 171 Å². The molecule has 0 spiro atoms. The highest BCUT2D eigenvalue weighted by molar-refractivity contribution is 7.25. The first-order valence-electron chi connectivity index (χ1n) is 8.92. The summed E-state index contributed by atoms with van der Waals surface area (Å²) in [4.78, 5) is 11.6. The zero-order valence-electron chi connectivity index (χ0n) is 15.1. The fourth-order valence-corrected chi connectivity index (χ4v) is 4.53. The maximum absolute atomic E-state index is 9.13. The summed E-state index contributed by atoms with van der Waals surface area (Å²) in [5.74, 6) is 0.394. The topological polar surface area (TPSA) is 53.9 Å². The summed E-state index contributed by atoms with van der Waals surface area (Å²) in [6.07, 6.45) is 3.34. The zero-order valence-corrected chi connectivity index (χ0v) is 15.9. The number of thiophene rings is 1. The number of nitrogens with zero attached hydrogens (tertiary/aromatic N) is 4. The van der Waals surface area contributed by atoms with Gasteiger partial charge >= 0.3 is 0 Å². The van der Waals surface area contributed by atoms with E-state index in [1.54, 1.807) is 23.7 Å². The molecule has 0 N–H and O–H groups in total. The van der Waals surface area contributed by atoms with Crippen molar-refractivity contribution in [3.8, 4) is 28.3 Å². The van der Waals surface area contributed by atoms with Crippen molar-refractivity contribution in [2.24, 2.45) is 0 Å². The molecule has 0 atom stereocenters. The molecule has 5 aromatic rings. The van der Waals surface area contributed by atoms with Gasteiger partial charge in [-0.05, 0) is 70.8 Å². The second-order valence-electron chi connectivity index (χ2n) is 6.58. The van der Waals surface area contributed by atoms with E-state index in [0.717, 1.165) is 22.3 Å². The summed E-state index contributed by atoms with van der Waals surface area (Å²) in [6, 6.07) is 22.4. The van der Waals surface area contributed by atoms with Crippen LogP contribution in [0.2, 0.25) is 0 Å². The van der Waals surface area contributed by atoms with Gasteiger partial charge in [-0.1, -0.05) is 18.7 Å². The van der Waals surface area contributed by atoms with Crippen molar-refractivity contribution in [1.29, 1.82) is 5.26 Å². The molecule has 0 fully saturated rings. The van der Waals surface area contributed by atoms with Crippen molar-refractivity contribution < 1.29 is 0 Å². The van der Waals surface area contributed by atoms with Crippen LogP contribution in [0.15, 0.2) is 73.1 Å². The van der Waals surface area contributed by atoms with E-state index in [0.29, 0.717) is 11.5 Å². The molecule has 0 aliphatic heterocycles. The molecule has 0 aliphatic rings. The van der Waals surface area contributed by atoms with Crippen LogP contribution in [-0.4, -0.2) is 9.97 Å². The summed E-state index contributed by atoms with van der Waals surface area (Å²) in [5.41, 5.74) is 4.49. The van der Waals surface area contributed by atoms with E-state index in [2.05, 4.69) is 57.3 Å². The highest BCUT2D eigenvalue weighted by atomic mass is 32.1. The fraction of sp³-hybridized carbons (Fsp3) is 0. The van der Waals surface area contributed by atoms with E-state index in [9.17, 15) is 0 Å². The lowest BCUT2D eigenvalue weighted by molar-refractivity contribution is 1.27. The normalized spacial score (nSPS) is 10.7. The lowest BCUT2D eigenvalue weighted by Crippen LogP contribution is -1.84. The predicted octanol–water partition coefficient (Wildman–Crippen LogP) is 6.60. The van der Waals surface area contributed by atoms with Gasteiger partial charge in [0.25, 0.3) is 5.82 Å². The van der Waals surface area contributed by atoms with Crippen LogP contribution in [0.1, 0.15) is 5.69 Å². The van der Waals surface area contributed by atoms with Crippen molar-refractivity contribution >= 4 is 37.3 Å². The Morgan fingerprint density at radius 2 is 1.34 bits per heavy atom. The van der Waals surface area contributed by atoms with Crippen LogP contribution in [0, 0.1) is 17.9 Å². The molecule has 0 saturated carbocycles. The molecule has 4 nitrogen and oxygen atoms in total. The number of aromatic nitrogens is 2. The Hall–Kier alpha value is -4.06. The van der Waals surface area contributed by atoms with Crippen molar-refractivity contribution in [3.05, 3.63) is 90.2 Å². The van der Waals surface area contributed by atoms with Gasteiger partial charge in [-0.15, -0.1) is 16.3 Å². The minimum absolute atomic E-state index is 0.394. The summed E-state index contributed by atoms with van der Waals surface area (Å²) in [7, 11) is 0. The molecule has 0 aliphatic carbocycles. The lowest BCUT2D eigenvalue weighted by Gasteiger charge is -2.04. The molecule has 0 unspecified atom stereocenters. The molecule has 29 heavy (non-hydrogen) atoms. The average molecular weight is 388 g/mol. The summed E-state index contributed by atoms with van der Waals surface area (Å²) < 4.78 is 2.43. The SMILES string of the molecule is [C-]#[N+]c1cc(-c2ccc3sc4ccc(-c5ccnc(C#N)c5)cc4c3c2)ccn1. The van der Waals surface area contributed by atoms with Crippen molar-refractivity contribution in [1.82, 2.24) is 9.97 Å². The number of benzene rings is 2. The van der Waals surface area contributed by atoms with Gasteiger partial charge in [-0.25, -0.2) is 4.98 Å². The quantitative estimate of drug-likeness (QED) is 0.320.